The van der Waals surface area contributed by atoms with Crippen molar-refractivity contribution in [2.45, 2.75) is 51.4 Å². The molecular weight excluding hydrogens is 384 g/mol. The number of alkyl halides is 3. The monoisotopic (exact) mass is 407 g/mol. The van der Waals surface area contributed by atoms with E-state index in [-0.39, 0.29) is 11.6 Å². The molecule has 1 rings (SSSR count). The molecule has 0 aliphatic carbocycles. The Bertz CT molecular complexity index is 559. The Morgan fingerprint density at radius 2 is 1.83 bits per heavy atom. The summed E-state index contributed by atoms with van der Waals surface area (Å²) < 4.78 is 32.9. The van der Waals surface area contributed by atoms with Crippen molar-refractivity contribution in [2.75, 3.05) is 10.6 Å². The summed E-state index contributed by atoms with van der Waals surface area (Å²) in [6.45, 7) is 10.9. The molecule has 0 radical (unpaired) electrons. The van der Waals surface area contributed by atoms with Crippen molar-refractivity contribution in [2.24, 2.45) is 0 Å². The maximum Gasteiger partial charge on any atom is 0.334 e. The van der Waals surface area contributed by atoms with E-state index >= 15 is 0 Å². The highest BCUT2D eigenvalue weighted by Crippen LogP contribution is 2.37. The number of hydrogen-bond acceptors (Lipinski definition) is 2. The van der Waals surface area contributed by atoms with Gasteiger partial charge in [0.1, 0.15) is 0 Å². The van der Waals surface area contributed by atoms with Gasteiger partial charge in [-0.1, -0.05) is 54.9 Å². The molecule has 7 heteroatoms. The average Bonchev–Trinajstić information content (AvgIpc) is 2.45. The lowest BCUT2D eigenvalue weighted by Crippen LogP contribution is -2.40. The van der Waals surface area contributed by atoms with Gasteiger partial charge in [0.25, 0.3) is 5.91 Å². The number of halogens is 3. The fourth-order valence-electron chi connectivity index (χ4n) is 1.52. The number of anilines is 1. The van der Waals surface area contributed by atoms with E-state index in [0.717, 1.165) is 0 Å². The summed E-state index contributed by atoms with van der Waals surface area (Å²) in [5, 5.41) is 1.63. The minimum absolute atomic E-state index is 0.0498. The minimum atomic E-state index is -3.45. The van der Waals surface area contributed by atoms with Crippen molar-refractivity contribution >= 4 is 35.8 Å². The van der Waals surface area contributed by atoms with Crippen LogP contribution in [-0.4, -0.2) is 25.5 Å². The maximum absolute atomic E-state index is 13.4. The van der Waals surface area contributed by atoms with Crippen LogP contribution in [0.2, 0.25) is 18.1 Å². The summed E-state index contributed by atoms with van der Waals surface area (Å²) in [5.41, 5.74) is 1.05. The smallest absolute Gasteiger partial charge is 0.334 e. The Morgan fingerprint density at radius 3 is 2.35 bits per heavy atom. The van der Waals surface area contributed by atoms with Crippen LogP contribution in [0.5, 0.6) is 0 Å². The van der Waals surface area contributed by atoms with E-state index in [2.05, 4.69) is 55.1 Å². The van der Waals surface area contributed by atoms with Gasteiger partial charge in [-0.15, -0.1) is 0 Å². The zero-order valence-electron chi connectivity index (χ0n) is 14.2. The minimum Gasteiger partial charge on any atom is -0.412 e. The number of carbonyl (C=O) groups is 1. The van der Waals surface area contributed by atoms with E-state index in [1.807, 2.05) is 0 Å². The largest absolute Gasteiger partial charge is 0.412 e. The molecule has 0 aliphatic heterocycles. The van der Waals surface area contributed by atoms with Crippen molar-refractivity contribution in [1.29, 1.82) is 0 Å². The number of para-hydroxylation sites is 1. The molecule has 1 aromatic rings. The van der Waals surface area contributed by atoms with E-state index in [9.17, 15) is 13.6 Å². The molecule has 0 spiro atoms. The summed E-state index contributed by atoms with van der Waals surface area (Å²) in [6.07, 6.45) is 0. The third-order valence-electron chi connectivity index (χ3n) is 4.16. The second-order valence-electron chi connectivity index (χ2n) is 7.00. The first kappa shape index (κ1) is 20.3. The molecular formula is C16H24BrF2NO2Si. The molecule has 0 saturated heterocycles. The molecule has 23 heavy (non-hydrogen) atoms. The highest BCUT2D eigenvalue weighted by Gasteiger charge is 2.38. The number of amides is 1. The van der Waals surface area contributed by atoms with Gasteiger partial charge in [0.2, 0.25) is 0 Å². The highest BCUT2D eigenvalue weighted by atomic mass is 79.9. The molecule has 0 fully saturated rings. The first-order chi connectivity index (χ1) is 10.4. The van der Waals surface area contributed by atoms with Crippen LogP contribution in [-0.2, 0) is 15.8 Å². The van der Waals surface area contributed by atoms with Gasteiger partial charge in [-0.05, 0) is 29.8 Å². The molecule has 0 aromatic heterocycles. The molecule has 0 heterocycles. The van der Waals surface area contributed by atoms with Gasteiger partial charge in [0, 0.05) is 5.69 Å². The molecule has 0 aliphatic rings. The molecule has 0 atom stereocenters. The maximum atomic E-state index is 13.4. The first-order valence-electron chi connectivity index (χ1n) is 7.38. The molecule has 0 unspecified atom stereocenters. The van der Waals surface area contributed by atoms with Gasteiger partial charge in [-0.25, -0.2) is 0 Å². The molecule has 3 nitrogen and oxygen atoms in total. The third kappa shape index (κ3) is 5.36. The standard InChI is InChI=1S/C16H24BrF2NO2Si/c1-15(2,3)23(4,5)22-10-12-8-6-7-9-13(12)20-14(21)16(18,19)11-17/h6-9H,10-11H2,1-5H3,(H,20,21). The number of rotatable bonds is 6. The lowest BCUT2D eigenvalue weighted by molar-refractivity contribution is -0.136. The van der Waals surface area contributed by atoms with E-state index in [0.29, 0.717) is 11.3 Å². The summed E-state index contributed by atoms with van der Waals surface area (Å²) in [7, 11) is -1.96. The molecule has 0 bridgehead atoms. The van der Waals surface area contributed by atoms with Crippen molar-refractivity contribution < 1.29 is 18.0 Å². The van der Waals surface area contributed by atoms with Gasteiger partial charge in [0.15, 0.2) is 8.32 Å². The summed E-state index contributed by atoms with van der Waals surface area (Å²) in [4.78, 5) is 11.7. The predicted molar refractivity (Wildman–Crippen MR) is 95.8 cm³/mol. The van der Waals surface area contributed by atoms with Crippen molar-refractivity contribution in [3.8, 4) is 0 Å². The normalized spacial score (nSPS) is 13.0. The molecule has 1 N–H and O–H groups in total. The van der Waals surface area contributed by atoms with Crippen LogP contribution in [0, 0.1) is 0 Å². The van der Waals surface area contributed by atoms with Gasteiger partial charge >= 0.3 is 5.92 Å². The number of carbonyl (C=O) groups excluding carboxylic acids is 1. The summed E-state index contributed by atoms with van der Waals surface area (Å²) >= 11 is 2.65. The van der Waals surface area contributed by atoms with Crippen LogP contribution >= 0.6 is 15.9 Å². The Balaban J connectivity index is 2.89. The molecule has 130 valence electrons. The summed E-state index contributed by atoms with van der Waals surface area (Å²) in [6, 6.07) is 6.86. The van der Waals surface area contributed by atoms with Crippen molar-refractivity contribution in [3.63, 3.8) is 0 Å². The van der Waals surface area contributed by atoms with Gasteiger partial charge < -0.3 is 9.74 Å². The van der Waals surface area contributed by atoms with E-state index in [1.165, 1.54) is 0 Å². The van der Waals surface area contributed by atoms with Crippen LogP contribution in [0.4, 0.5) is 14.5 Å². The van der Waals surface area contributed by atoms with Crippen LogP contribution in [0.1, 0.15) is 26.3 Å². The predicted octanol–water partition coefficient (Wildman–Crippen LogP) is 5.18. The number of benzene rings is 1. The van der Waals surface area contributed by atoms with E-state index in [4.69, 9.17) is 4.43 Å². The van der Waals surface area contributed by atoms with Crippen LogP contribution in [0.15, 0.2) is 24.3 Å². The Hall–Kier alpha value is -0.793. The van der Waals surface area contributed by atoms with E-state index < -0.39 is 25.5 Å². The zero-order valence-corrected chi connectivity index (χ0v) is 16.8. The Kier molecular flexibility index (Phi) is 6.52. The topological polar surface area (TPSA) is 38.3 Å². The number of nitrogens with one attached hydrogen (secondary N) is 1. The molecule has 1 aromatic carbocycles. The average molecular weight is 408 g/mol. The fourth-order valence-corrected chi connectivity index (χ4v) is 2.72. The SMILES string of the molecule is CC(C)(C)[Si](C)(C)OCc1ccccc1NC(=O)C(F)(F)CBr. The lowest BCUT2D eigenvalue weighted by atomic mass is 10.2. The number of hydrogen-bond donors (Lipinski definition) is 1. The van der Waals surface area contributed by atoms with Crippen molar-refractivity contribution in [3.05, 3.63) is 29.8 Å². The fraction of sp³-hybridized carbons (Fsp3) is 0.562. The highest BCUT2D eigenvalue weighted by molar-refractivity contribution is 9.09. The molecule has 1 amide bonds. The lowest BCUT2D eigenvalue weighted by Gasteiger charge is -2.36. The second kappa shape index (κ2) is 7.40. The quantitative estimate of drug-likeness (QED) is 0.521. The van der Waals surface area contributed by atoms with E-state index in [1.54, 1.807) is 24.3 Å². The summed E-state index contributed by atoms with van der Waals surface area (Å²) in [5.74, 6) is -4.78. The first-order valence-corrected chi connectivity index (χ1v) is 11.4. The van der Waals surface area contributed by atoms with Gasteiger partial charge in [-0.3, -0.25) is 4.79 Å². The van der Waals surface area contributed by atoms with Crippen LogP contribution in [0.25, 0.3) is 0 Å². The third-order valence-corrected chi connectivity index (χ3v) is 9.34. The van der Waals surface area contributed by atoms with Gasteiger partial charge in [-0.2, -0.15) is 8.78 Å². The molecule has 0 saturated carbocycles. The zero-order chi connectivity index (χ0) is 17.9. The second-order valence-corrected chi connectivity index (χ2v) is 12.4. The van der Waals surface area contributed by atoms with Crippen LogP contribution in [0.3, 0.4) is 0 Å². The Morgan fingerprint density at radius 1 is 1.26 bits per heavy atom. The van der Waals surface area contributed by atoms with Crippen molar-refractivity contribution in [1.82, 2.24) is 0 Å². The van der Waals surface area contributed by atoms with Crippen LogP contribution < -0.4 is 5.32 Å². The Labute approximate surface area is 146 Å². The van der Waals surface area contributed by atoms with Gasteiger partial charge in [0.05, 0.1) is 11.9 Å².